The maximum absolute atomic E-state index is 12.3. The summed E-state index contributed by atoms with van der Waals surface area (Å²) >= 11 is 0. The van der Waals surface area contributed by atoms with E-state index < -0.39 is 34.4 Å². The molecule has 0 aromatic carbocycles. The van der Waals surface area contributed by atoms with Crippen molar-refractivity contribution in [3.05, 3.63) is 6.33 Å². The van der Waals surface area contributed by atoms with Crippen LogP contribution in [0.5, 0.6) is 0 Å². The first-order valence-electron chi connectivity index (χ1n) is 7.50. The van der Waals surface area contributed by atoms with Crippen molar-refractivity contribution in [3.63, 3.8) is 0 Å². The van der Waals surface area contributed by atoms with Crippen molar-refractivity contribution in [2.75, 3.05) is 13.1 Å². The van der Waals surface area contributed by atoms with Gasteiger partial charge in [-0.25, -0.2) is 13.2 Å². The van der Waals surface area contributed by atoms with Gasteiger partial charge in [0.05, 0.1) is 12.6 Å². The summed E-state index contributed by atoms with van der Waals surface area (Å²) in [6.45, 7) is -0.417. The zero-order valence-corrected chi connectivity index (χ0v) is 17.0. The SMILES string of the molecule is O=C(CNC(=O)[C@@H]1CC[C@@H]2CN1C(=O)N2OS(=O)(=O)[O-])Cn1ncnn1.[Na+]. The van der Waals surface area contributed by atoms with Gasteiger partial charge in [-0.05, 0) is 18.1 Å². The van der Waals surface area contributed by atoms with Gasteiger partial charge < -0.3 is 14.8 Å². The molecule has 142 valence electrons. The summed E-state index contributed by atoms with van der Waals surface area (Å²) in [6, 6.07) is -2.40. The average Bonchev–Trinajstić information content (AvgIpc) is 3.15. The predicted octanol–water partition coefficient (Wildman–Crippen LogP) is -5.98. The third-order valence-electron chi connectivity index (χ3n) is 3.97. The van der Waals surface area contributed by atoms with Gasteiger partial charge in [-0.3, -0.25) is 9.59 Å². The third kappa shape index (κ3) is 5.20. The second kappa shape index (κ2) is 8.57. The largest absolute Gasteiger partial charge is 1.00 e. The predicted molar refractivity (Wildman–Crippen MR) is 77.4 cm³/mol. The maximum atomic E-state index is 12.3. The number of ketones is 1. The van der Waals surface area contributed by atoms with Crippen LogP contribution >= 0.6 is 0 Å². The Hall–Kier alpha value is -1.65. The summed E-state index contributed by atoms with van der Waals surface area (Å²) < 4.78 is 36.3. The molecule has 0 unspecified atom stereocenters. The maximum Gasteiger partial charge on any atom is 1.00 e. The number of piperidine rings is 1. The monoisotopic (exact) mass is 411 g/mol. The number of hydrogen-bond acceptors (Lipinski definition) is 10. The van der Waals surface area contributed by atoms with Crippen LogP contribution in [-0.2, 0) is 30.8 Å². The second-order valence-corrected chi connectivity index (χ2v) is 6.68. The fourth-order valence-electron chi connectivity index (χ4n) is 2.88. The number of Topliss-reactive ketones (excluding diaryl/α,β-unsaturated/α-hetero) is 1. The van der Waals surface area contributed by atoms with Crippen LogP contribution in [0.3, 0.4) is 0 Å². The zero-order valence-electron chi connectivity index (χ0n) is 14.2. The fourth-order valence-corrected chi connectivity index (χ4v) is 3.26. The summed E-state index contributed by atoms with van der Waals surface area (Å²) in [7, 11) is -5.10. The molecule has 2 aliphatic rings. The van der Waals surface area contributed by atoms with Gasteiger partial charge in [0.25, 0.3) is 0 Å². The summed E-state index contributed by atoms with van der Waals surface area (Å²) in [5, 5.41) is 13.5. The van der Waals surface area contributed by atoms with E-state index in [1.807, 2.05) is 0 Å². The number of amides is 3. The van der Waals surface area contributed by atoms with Gasteiger partial charge in [0.1, 0.15) is 12.6 Å². The average molecular weight is 411 g/mol. The van der Waals surface area contributed by atoms with Crippen LogP contribution in [0.25, 0.3) is 0 Å². The molecule has 16 heteroatoms. The molecule has 3 heterocycles. The van der Waals surface area contributed by atoms with Crippen molar-refractivity contribution in [2.24, 2.45) is 0 Å². The van der Waals surface area contributed by atoms with Crippen LogP contribution in [0, 0.1) is 0 Å². The van der Waals surface area contributed by atoms with E-state index in [1.54, 1.807) is 0 Å². The topological polar surface area (TPSA) is 180 Å². The Morgan fingerprint density at radius 2 is 2.11 bits per heavy atom. The van der Waals surface area contributed by atoms with E-state index in [-0.39, 0.29) is 67.8 Å². The van der Waals surface area contributed by atoms with Crippen LogP contribution in [0.4, 0.5) is 4.79 Å². The quantitative estimate of drug-likeness (QED) is 0.258. The van der Waals surface area contributed by atoms with Gasteiger partial charge >= 0.3 is 35.6 Å². The first-order chi connectivity index (χ1) is 12.2. The number of fused-ring (bicyclic) bond motifs is 2. The van der Waals surface area contributed by atoms with Gasteiger partial charge in [0.2, 0.25) is 16.3 Å². The molecular weight excluding hydrogens is 397 g/mol. The Morgan fingerprint density at radius 1 is 1.37 bits per heavy atom. The van der Waals surface area contributed by atoms with Crippen molar-refractivity contribution in [1.29, 1.82) is 0 Å². The van der Waals surface area contributed by atoms with E-state index >= 15 is 0 Å². The van der Waals surface area contributed by atoms with Gasteiger partial charge in [0.15, 0.2) is 12.1 Å². The normalized spacial score (nSPS) is 21.7. The number of nitrogens with one attached hydrogen (secondary N) is 1. The molecule has 0 radical (unpaired) electrons. The molecule has 0 spiro atoms. The third-order valence-corrected chi connectivity index (χ3v) is 4.31. The summed E-state index contributed by atoms with van der Waals surface area (Å²) in [5.74, 6) is -0.941. The van der Waals surface area contributed by atoms with E-state index in [0.29, 0.717) is 5.06 Å². The molecule has 27 heavy (non-hydrogen) atoms. The fraction of sp³-hybridized carbons (Fsp3) is 0.636. The Labute approximate surface area is 175 Å². The second-order valence-electron chi connectivity index (χ2n) is 5.71. The van der Waals surface area contributed by atoms with Crippen molar-refractivity contribution >= 4 is 28.1 Å². The number of rotatable bonds is 7. The van der Waals surface area contributed by atoms with Gasteiger partial charge in [-0.2, -0.15) is 14.1 Å². The van der Waals surface area contributed by atoms with Gasteiger partial charge in [-0.15, -0.1) is 10.2 Å². The van der Waals surface area contributed by atoms with E-state index in [1.165, 1.54) is 6.33 Å². The molecule has 3 amide bonds. The van der Waals surface area contributed by atoms with E-state index in [9.17, 15) is 27.4 Å². The van der Waals surface area contributed by atoms with Gasteiger partial charge in [-0.1, -0.05) is 0 Å². The minimum Gasteiger partial charge on any atom is -0.724 e. The van der Waals surface area contributed by atoms with Crippen molar-refractivity contribution in [1.82, 2.24) is 35.5 Å². The molecule has 1 N–H and O–H groups in total. The molecule has 14 nitrogen and oxygen atoms in total. The molecule has 1 aromatic heterocycles. The smallest absolute Gasteiger partial charge is 0.724 e. The van der Waals surface area contributed by atoms with E-state index in [2.05, 4.69) is 25.0 Å². The van der Waals surface area contributed by atoms with Crippen molar-refractivity contribution in [2.45, 2.75) is 31.5 Å². The Kier molecular flexibility index (Phi) is 6.87. The van der Waals surface area contributed by atoms with Crippen LogP contribution < -0.4 is 34.9 Å². The summed E-state index contributed by atoms with van der Waals surface area (Å²) in [6.07, 6.45) is 1.67. The molecule has 2 bridgehead atoms. The number of hydroxylamine groups is 2. The number of urea groups is 1. The van der Waals surface area contributed by atoms with Crippen LogP contribution in [-0.4, -0.2) is 86.0 Å². The Balaban J connectivity index is 0.00000261. The number of aromatic nitrogens is 4. The standard InChI is InChI=1S/C11H15N7O7S.Na/c19-8(5-17-14-6-13-15-17)3-12-10(20)9-2-1-7-4-16(9)11(21)18(7)25-26(22,23)24;/h6-7,9H,1-5H2,(H,12,20)(H,22,23,24);/q;+1/p-1/t7-,9+;/m1./s1. The molecule has 3 rings (SSSR count). The zero-order chi connectivity index (χ0) is 18.9. The number of carbonyl (C=O) groups is 3. The molecule has 2 saturated heterocycles. The molecule has 1 aromatic rings. The minimum absolute atomic E-state index is 0. The molecule has 0 aliphatic carbocycles. The van der Waals surface area contributed by atoms with Crippen molar-refractivity contribution < 1.29 is 61.2 Å². The molecule has 2 fully saturated rings. The number of tetrazole rings is 1. The molecule has 0 saturated carbocycles. The Morgan fingerprint density at radius 3 is 2.74 bits per heavy atom. The number of hydrogen-bond donors (Lipinski definition) is 1. The number of carbonyl (C=O) groups excluding carboxylic acids is 3. The van der Waals surface area contributed by atoms with Gasteiger partial charge in [0, 0.05) is 6.54 Å². The van der Waals surface area contributed by atoms with Crippen LogP contribution in [0.1, 0.15) is 12.8 Å². The van der Waals surface area contributed by atoms with Crippen molar-refractivity contribution in [3.8, 4) is 0 Å². The summed E-state index contributed by atoms with van der Waals surface area (Å²) in [5.41, 5.74) is 0. The van der Waals surface area contributed by atoms with E-state index in [0.717, 1.165) is 9.70 Å². The van der Waals surface area contributed by atoms with Crippen LogP contribution in [0.15, 0.2) is 6.33 Å². The van der Waals surface area contributed by atoms with Crippen LogP contribution in [0.2, 0.25) is 0 Å². The van der Waals surface area contributed by atoms with E-state index in [4.69, 9.17) is 0 Å². The first kappa shape index (κ1) is 21.6. The minimum atomic E-state index is -5.10. The molecule has 2 atom stereocenters. The summed E-state index contributed by atoms with van der Waals surface area (Å²) in [4.78, 5) is 38.4. The molecular formula is C11H14N7NaO7S. The Bertz CT molecular complexity index is 817. The number of nitrogens with zero attached hydrogens (tertiary/aromatic N) is 6. The molecule has 2 aliphatic heterocycles. The first-order valence-corrected chi connectivity index (χ1v) is 8.83.